The van der Waals surface area contributed by atoms with E-state index in [2.05, 4.69) is 11.8 Å². The molecule has 0 aliphatic rings. The molecule has 0 spiro atoms. The van der Waals surface area contributed by atoms with Crippen LogP contribution in [-0.2, 0) is 0 Å². The number of aliphatic hydroxyl groups excluding tert-OH is 1. The number of carbonyl (C=O) groups excluding carboxylic acids is 1. The lowest BCUT2D eigenvalue weighted by molar-refractivity contribution is 0.0802. The van der Waals surface area contributed by atoms with Crippen molar-refractivity contribution in [3.8, 4) is 11.8 Å². The monoisotopic (exact) mass is 235 g/mol. The Morgan fingerprint density at radius 3 is 2.82 bits per heavy atom. The number of nitrogens with zero attached hydrogens (tertiary/aromatic N) is 1. The highest BCUT2D eigenvalue weighted by molar-refractivity contribution is 5.96. The highest BCUT2D eigenvalue weighted by Gasteiger charge is 2.14. The summed E-state index contributed by atoms with van der Waals surface area (Å²) in [4.78, 5) is 13.5. The Balaban J connectivity index is 3.18. The number of halogens is 1. The van der Waals surface area contributed by atoms with Crippen LogP contribution >= 0.6 is 0 Å². The van der Waals surface area contributed by atoms with Crippen LogP contribution in [0.25, 0.3) is 0 Å². The summed E-state index contributed by atoms with van der Waals surface area (Å²) < 4.78 is 13.1. The van der Waals surface area contributed by atoms with Gasteiger partial charge in [0, 0.05) is 19.2 Å². The largest absolute Gasteiger partial charge is 0.384 e. The van der Waals surface area contributed by atoms with Crippen LogP contribution in [0.2, 0.25) is 0 Å². The Morgan fingerprint density at radius 1 is 1.53 bits per heavy atom. The van der Waals surface area contributed by atoms with Crippen molar-refractivity contribution in [1.82, 2.24) is 4.90 Å². The minimum absolute atomic E-state index is 0.213. The van der Waals surface area contributed by atoms with E-state index < -0.39 is 5.82 Å². The molecule has 0 heterocycles. The summed E-state index contributed by atoms with van der Waals surface area (Å²) in [5.41, 5.74) is 0.640. The van der Waals surface area contributed by atoms with Gasteiger partial charge in [0.25, 0.3) is 5.91 Å². The number of hydrogen-bond donors (Lipinski definition) is 1. The van der Waals surface area contributed by atoms with Crippen molar-refractivity contribution in [3.63, 3.8) is 0 Å². The maximum absolute atomic E-state index is 13.1. The zero-order valence-electron chi connectivity index (χ0n) is 9.83. The zero-order valence-corrected chi connectivity index (χ0v) is 9.83. The minimum Gasteiger partial charge on any atom is -0.384 e. The van der Waals surface area contributed by atoms with Crippen LogP contribution < -0.4 is 0 Å². The van der Waals surface area contributed by atoms with E-state index in [1.165, 1.54) is 23.1 Å². The third kappa shape index (κ3) is 3.30. The zero-order chi connectivity index (χ0) is 12.8. The van der Waals surface area contributed by atoms with Crippen LogP contribution in [0, 0.1) is 17.7 Å². The van der Waals surface area contributed by atoms with E-state index in [-0.39, 0.29) is 12.5 Å². The molecular formula is C13H14FNO2. The molecule has 0 aromatic heterocycles. The summed E-state index contributed by atoms with van der Waals surface area (Å²) >= 11 is 0. The van der Waals surface area contributed by atoms with E-state index in [9.17, 15) is 9.18 Å². The topological polar surface area (TPSA) is 40.5 Å². The summed E-state index contributed by atoms with van der Waals surface area (Å²) in [6.45, 7) is 2.08. The van der Waals surface area contributed by atoms with Crippen LogP contribution in [-0.4, -0.2) is 36.1 Å². The van der Waals surface area contributed by atoms with Gasteiger partial charge < -0.3 is 10.0 Å². The van der Waals surface area contributed by atoms with Crippen LogP contribution in [0.15, 0.2) is 18.2 Å². The molecule has 3 nitrogen and oxygen atoms in total. The average Bonchev–Trinajstić information content (AvgIpc) is 2.34. The number of carbonyl (C=O) groups is 1. The molecule has 0 unspecified atom stereocenters. The van der Waals surface area contributed by atoms with E-state index in [4.69, 9.17) is 5.11 Å². The molecule has 1 rings (SSSR count). The number of amides is 1. The van der Waals surface area contributed by atoms with Gasteiger partial charge in [-0.3, -0.25) is 4.79 Å². The fraction of sp³-hybridized carbons (Fsp3) is 0.308. The van der Waals surface area contributed by atoms with Crippen molar-refractivity contribution in [2.75, 3.05) is 20.2 Å². The summed E-state index contributed by atoms with van der Waals surface area (Å²) in [6, 6.07) is 3.82. The van der Waals surface area contributed by atoms with Crippen LogP contribution in [0.5, 0.6) is 0 Å². The molecule has 1 N–H and O–H groups in total. The van der Waals surface area contributed by atoms with Crippen LogP contribution in [0.1, 0.15) is 22.8 Å². The van der Waals surface area contributed by atoms with Crippen molar-refractivity contribution in [2.45, 2.75) is 6.92 Å². The SMILES string of the molecule is CCN(C)C(=O)c1ccc(F)cc1C#CCO. The Morgan fingerprint density at radius 2 is 2.24 bits per heavy atom. The first-order valence-electron chi connectivity index (χ1n) is 5.25. The molecule has 17 heavy (non-hydrogen) atoms. The second-order valence-corrected chi connectivity index (χ2v) is 3.47. The van der Waals surface area contributed by atoms with E-state index in [1.807, 2.05) is 6.92 Å². The van der Waals surface area contributed by atoms with Gasteiger partial charge in [-0.05, 0) is 25.1 Å². The Hall–Kier alpha value is -1.86. The lowest BCUT2D eigenvalue weighted by atomic mass is 10.1. The van der Waals surface area contributed by atoms with E-state index in [1.54, 1.807) is 7.05 Å². The molecule has 4 heteroatoms. The van der Waals surface area contributed by atoms with Crippen molar-refractivity contribution < 1.29 is 14.3 Å². The summed E-state index contributed by atoms with van der Waals surface area (Å²) in [6.07, 6.45) is 0. The van der Waals surface area contributed by atoms with Crippen molar-refractivity contribution in [1.29, 1.82) is 0 Å². The molecular weight excluding hydrogens is 221 g/mol. The van der Waals surface area contributed by atoms with Gasteiger partial charge in [-0.25, -0.2) is 4.39 Å². The number of aliphatic hydroxyl groups is 1. The molecule has 0 bridgehead atoms. The number of hydrogen-bond acceptors (Lipinski definition) is 2. The molecule has 0 radical (unpaired) electrons. The molecule has 1 aromatic carbocycles. The Labute approximate surface area is 99.9 Å². The van der Waals surface area contributed by atoms with Gasteiger partial charge in [-0.1, -0.05) is 11.8 Å². The predicted octanol–water partition coefficient (Wildman–Crippen LogP) is 1.26. The first-order chi connectivity index (χ1) is 8.10. The molecule has 0 aliphatic heterocycles. The quantitative estimate of drug-likeness (QED) is 0.784. The third-order valence-electron chi connectivity index (χ3n) is 2.34. The third-order valence-corrected chi connectivity index (χ3v) is 2.34. The highest BCUT2D eigenvalue weighted by Crippen LogP contribution is 2.12. The summed E-state index contributed by atoms with van der Waals surface area (Å²) in [5.74, 6) is 4.32. The summed E-state index contributed by atoms with van der Waals surface area (Å²) in [5, 5.41) is 8.62. The summed E-state index contributed by atoms with van der Waals surface area (Å²) in [7, 11) is 1.66. The van der Waals surface area contributed by atoms with Gasteiger partial charge in [0.2, 0.25) is 0 Å². The minimum atomic E-state index is -0.456. The highest BCUT2D eigenvalue weighted by atomic mass is 19.1. The van der Waals surface area contributed by atoms with Gasteiger partial charge in [0.05, 0.1) is 5.56 Å². The smallest absolute Gasteiger partial charge is 0.254 e. The maximum atomic E-state index is 13.1. The van der Waals surface area contributed by atoms with Gasteiger partial charge in [0.15, 0.2) is 0 Å². The lowest BCUT2D eigenvalue weighted by Gasteiger charge is -2.15. The Bertz CT molecular complexity index is 474. The van der Waals surface area contributed by atoms with Crippen molar-refractivity contribution in [3.05, 3.63) is 35.1 Å². The van der Waals surface area contributed by atoms with Gasteiger partial charge in [0.1, 0.15) is 12.4 Å². The second kappa shape index (κ2) is 6.02. The second-order valence-electron chi connectivity index (χ2n) is 3.47. The molecule has 0 saturated carbocycles. The normalized spacial score (nSPS) is 9.41. The van der Waals surface area contributed by atoms with E-state index in [0.717, 1.165) is 0 Å². The van der Waals surface area contributed by atoms with Gasteiger partial charge in [-0.2, -0.15) is 0 Å². The molecule has 0 atom stereocenters. The maximum Gasteiger partial charge on any atom is 0.254 e. The first-order valence-corrected chi connectivity index (χ1v) is 5.25. The Kier molecular flexibility index (Phi) is 4.68. The van der Waals surface area contributed by atoms with E-state index >= 15 is 0 Å². The van der Waals surface area contributed by atoms with Crippen LogP contribution in [0.3, 0.4) is 0 Å². The first kappa shape index (κ1) is 13.2. The standard InChI is InChI=1S/C13H14FNO2/c1-3-15(2)13(17)12-7-6-11(14)9-10(12)5-4-8-16/h6-7,9,16H,3,8H2,1-2H3. The fourth-order valence-electron chi connectivity index (χ4n) is 1.29. The molecule has 0 fully saturated rings. The molecule has 1 amide bonds. The van der Waals surface area contributed by atoms with E-state index in [0.29, 0.717) is 17.7 Å². The fourth-order valence-corrected chi connectivity index (χ4v) is 1.29. The molecule has 90 valence electrons. The van der Waals surface area contributed by atoms with Crippen LogP contribution in [0.4, 0.5) is 4.39 Å². The predicted molar refractivity (Wildman–Crippen MR) is 63.0 cm³/mol. The average molecular weight is 235 g/mol. The lowest BCUT2D eigenvalue weighted by Crippen LogP contribution is -2.27. The van der Waals surface area contributed by atoms with Gasteiger partial charge in [-0.15, -0.1) is 0 Å². The molecule has 0 aliphatic carbocycles. The van der Waals surface area contributed by atoms with Crippen molar-refractivity contribution in [2.24, 2.45) is 0 Å². The van der Waals surface area contributed by atoms with Gasteiger partial charge >= 0.3 is 0 Å². The molecule has 1 aromatic rings. The number of benzene rings is 1. The number of rotatable bonds is 2. The van der Waals surface area contributed by atoms with Crippen molar-refractivity contribution >= 4 is 5.91 Å². The molecule has 0 saturated heterocycles.